The summed E-state index contributed by atoms with van der Waals surface area (Å²) in [7, 11) is 6.41. The molecule has 3 saturated heterocycles. The summed E-state index contributed by atoms with van der Waals surface area (Å²) in [5, 5.41) is 9.10. The Morgan fingerprint density at radius 2 is 0.825 bits per heavy atom. The normalized spacial score (nSPS) is 16.9. The topological polar surface area (TPSA) is 172 Å². The Balaban J connectivity index is 1.13. The van der Waals surface area contributed by atoms with Crippen molar-refractivity contribution >= 4 is 29.1 Å². The Morgan fingerprint density at radius 3 is 1.17 bits per heavy atom. The molecule has 0 aliphatic carbocycles. The molecule has 15 nitrogen and oxygen atoms in total. The molecule has 3 aromatic rings. The van der Waals surface area contributed by atoms with E-state index in [1.54, 1.807) is 48.5 Å². The molecule has 63 heavy (non-hydrogen) atoms. The lowest BCUT2D eigenvalue weighted by Crippen LogP contribution is -2.45. The van der Waals surface area contributed by atoms with Gasteiger partial charge in [-0.3, -0.25) is 14.4 Å². The number of hydrogen-bond donors (Lipinski definition) is 5. The van der Waals surface area contributed by atoms with Crippen LogP contribution in [0.4, 0.5) is 11.4 Å². The molecule has 6 rings (SSSR count). The summed E-state index contributed by atoms with van der Waals surface area (Å²) in [6.45, 7) is 16.9. The number of hydrogen-bond acceptors (Lipinski definition) is 12. The Kier molecular flexibility index (Phi) is 17.7. The molecule has 3 fully saturated rings. The van der Waals surface area contributed by atoms with Crippen LogP contribution in [-0.2, 0) is 0 Å². The first-order chi connectivity index (χ1) is 30.5. The minimum Gasteiger partial charge on any atom is -0.398 e. The summed E-state index contributed by atoms with van der Waals surface area (Å²) in [5.74, 6) is 11.6. The smallest absolute Gasteiger partial charge is 0.251 e. The van der Waals surface area contributed by atoms with E-state index in [0.717, 1.165) is 117 Å². The van der Waals surface area contributed by atoms with Crippen molar-refractivity contribution in [2.75, 3.05) is 150 Å². The lowest BCUT2D eigenvalue weighted by Gasteiger charge is -2.32. The van der Waals surface area contributed by atoms with Gasteiger partial charge in [0.25, 0.3) is 17.7 Å². The van der Waals surface area contributed by atoms with E-state index in [1.807, 2.05) is 0 Å². The fraction of sp³-hybridized carbons (Fsp3) is 0.500. The lowest BCUT2D eigenvalue weighted by atomic mass is 10.1. The number of rotatable bonds is 15. The van der Waals surface area contributed by atoms with Gasteiger partial charge in [-0.25, -0.2) is 4.98 Å². The van der Waals surface area contributed by atoms with Gasteiger partial charge < -0.3 is 56.8 Å². The van der Waals surface area contributed by atoms with Crippen molar-refractivity contribution in [3.8, 4) is 23.7 Å². The molecule has 0 saturated carbocycles. The molecule has 2 aromatic carbocycles. The SMILES string of the molecule is CN1CCN(CCCNC(=O)c2cc(C#Cc3cc(C(=O)NCCCN4CCN(C)CC4)ccc3N)nc(C#Cc3cc(C(=O)NCCCN4CCN(C)CC4)ccc3N)c2)CC1. The van der Waals surface area contributed by atoms with Gasteiger partial charge >= 0.3 is 0 Å². The number of nitrogens with one attached hydrogen (secondary N) is 3. The first-order valence-corrected chi connectivity index (χ1v) is 22.4. The summed E-state index contributed by atoms with van der Waals surface area (Å²) in [6, 6.07) is 13.3. The second kappa shape index (κ2) is 23.8. The summed E-state index contributed by atoms with van der Waals surface area (Å²) in [5.41, 5.74) is 16.3. The quantitative estimate of drug-likeness (QED) is 0.0841. The monoisotopic (exact) mass is 859 g/mol. The number of pyridine rings is 1. The maximum absolute atomic E-state index is 13.6. The van der Waals surface area contributed by atoms with E-state index in [0.29, 0.717) is 70.2 Å². The van der Waals surface area contributed by atoms with Crippen LogP contribution in [0, 0.1) is 23.7 Å². The number of carbonyl (C=O) groups is 3. The maximum Gasteiger partial charge on any atom is 0.251 e. The van der Waals surface area contributed by atoms with Crippen molar-refractivity contribution < 1.29 is 14.4 Å². The molecule has 0 spiro atoms. The van der Waals surface area contributed by atoms with E-state index in [2.05, 4.69) is 95.2 Å². The Morgan fingerprint density at radius 1 is 0.492 bits per heavy atom. The molecule has 1 aromatic heterocycles. The van der Waals surface area contributed by atoms with Crippen LogP contribution in [0.15, 0.2) is 48.5 Å². The van der Waals surface area contributed by atoms with Crippen LogP contribution in [0.1, 0.15) is 72.9 Å². The number of piperazine rings is 3. The predicted molar refractivity (Wildman–Crippen MR) is 251 cm³/mol. The number of benzene rings is 2. The van der Waals surface area contributed by atoms with Crippen molar-refractivity contribution in [2.45, 2.75) is 19.3 Å². The molecule has 336 valence electrons. The van der Waals surface area contributed by atoms with Crippen LogP contribution >= 0.6 is 0 Å². The molecule has 15 heteroatoms. The second-order valence-corrected chi connectivity index (χ2v) is 17.0. The van der Waals surface area contributed by atoms with E-state index in [9.17, 15) is 14.4 Å². The number of likely N-dealkylation sites (N-methyl/N-ethyl adjacent to an activating group) is 3. The van der Waals surface area contributed by atoms with Crippen LogP contribution in [-0.4, -0.2) is 191 Å². The van der Waals surface area contributed by atoms with Gasteiger partial charge in [0, 0.05) is 137 Å². The molecule has 7 N–H and O–H groups in total. The Hall–Kier alpha value is -5.52. The molecule has 3 amide bonds. The highest BCUT2D eigenvalue weighted by molar-refractivity contribution is 5.96. The van der Waals surface area contributed by atoms with Crippen LogP contribution < -0.4 is 27.4 Å². The first kappa shape index (κ1) is 47.0. The lowest BCUT2D eigenvalue weighted by molar-refractivity contribution is 0.0941. The van der Waals surface area contributed by atoms with Crippen molar-refractivity contribution in [3.05, 3.63) is 87.7 Å². The van der Waals surface area contributed by atoms with Gasteiger partial charge in [0.15, 0.2) is 0 Å². The molecule has 0 bridgehead atoms. The third-order valence-electron chi connectivity index (χ3n) is 12.0. The summed E-state index contributed by atoms with van der Waals surface area (Å²) < 4.78 is 0. The van der Waals surface area contributed by atoms with Gasteiger partial charge in [0.2, 0.25) is 0 Å². The molecule has 3 aliphatic heterocycles. The Labute approximate surface area is 373 Å². The van der Waals surface area contributed by atoms with Crippen LogP contribution in [0.3, 0.4) is 0 Å². The average molecular weight is 859 g/mol. The van der Waals surface area contributed by atoms with Crippen molar-refractivity contribution in [2.24, 2.45) is 0 Å². The van der Waals surface area contributed by atoms with Gasteiger partial charge in [-0.05, 0) is 120 Å². The minimum absolute atomic E-state index is 0.194. The number of aromatic nitrogens is 1. The maximum atomic E-state index is 13.6. The molecular weight excluding hydrogens is 793 g/mol. The van der Waals surface area contributed by atoms with Crippen molar-refractivity contribution in [1.82, 2.24) is 50.3 Å². The van der Waals surface area contributed by atoms with E-state index in [-0.39, 0.29) is 17.7 Å². The number of carbonyl (C=O) groups excluding carboxylic acids is 3. The highest BCUT2D eigenvalue weighted by atomic mass is 16.2. The molecule has 4 heterocycles. The largest absolute Gasteiger partial charge is 0.398 e. The number of nitrogens with two attached hydrogens (primary N) is 2. The van der Waals surface area contributed by atoms with Gasteiger partial charge in [-0.2, -0.15) is 0 Å². The summed E-state index contributed by atoms with van der Waals surface area (Å²) in [6.07, 6.45) is 2.54. The van der Waals surface area contributed by atoms with E-state index >= 15 is 0 Å². The zero-order chi connectivity index (χ0) is 44.6. The Bertz CT molecular complexity index is 2020. The average Bonchev–Trinajstić information content (AvgIpc) is 3.29. The predicted octanol–water partition coefficient (Wildman–Crippen LogP) is 1.15. The van der Waals surface area contributed by atoms with E-state index in [1.165, 1.54) is 0 Å². The third-order valence-corrected chi connectivity index (χ3v) is 12.0. The van der Waals surface area contributed by atoms with Crippen LogP contribution in [0.2, 0.25) is 0 Å². The highest BCUT2D eigenvalue weighted by Crippen LogP contribution is 2.16. The van der Waals surface area contributed by atoms with Gasteiger partial charge in [-0.15, -0.1) is 0 Å². The zero-order valence-electron chi connectivity index (χ0n) is 37.5. The number of nitrogen functional groups attached to an aromatic ring is 2. The second-order valence-electron chi connectivity index (χ2n) is 17.0. The van der Waals surface area contributed by atoms with Gasteiger partial charge in [0.1, 0.15) is 11.4 Å². The molecule has 0 atom stereocenters. The zero-order valence-corrected chi connectivity index (χ0v) is 37.5. The molecule has 0 radical (unpaired) electrons. The highest BCUT2D eigenvalue weighted by Gasteiger charge is 2.17. The minimum atomic E-state index is -0.265. The van der Waals surface area contributed by atoms with Crippen LogP contribution in [0.25, 0.3) is 0 Å². The summed E-state index contributed by atoms with van der Waals surface area (Å²) in [4.78, 5) is 58.7. The van der Waals surface area contributed by atoms with Crippen LogP contribution in [0.5, 0.6) is 0 Å². The fourth-order valence-electron chi connectivity index (χ4n) is 7.70. The third kappa shape index (κ3) is 15.1. The molecular formula is C48H66N12O3. The molecule has 3 aliphatic rings. The number of anilines is 2. The van der Waals surface area contributed by atoms with Crippen molar-refractivity contribution in [1.29, 1.82) is 0 Å². The fourth-order valence-corrected chi connectivity index (χ4v) is 7.70. The number of nitrogens with zero attached hydrogens (tertiary/aromatic N) is 7. The van der Waals surface area contributed by atoms with Gasteiger partial charge in [0.05, 0.1) is 0 Å². The van der Waals surface area contributed by atoms with E-state index < -0.39 is 0 Å². The van der Waals surface area contributed by atoms with Crippen molar-refractivity contribution in [3.63, 3.8) is 0 Å². The standard InChI is InChI=1S/C48H66N12O3/c1-55-21-27-58(28-22-55)18-4-15-51-46(61)39-9-13-44(49)37(33-39)7-11-42-35-41(48(63)53-17-6-20-60-31-25-57(3)26-32-60)36-43(54-42)12-8-38-34-40(10-14-45(38)50)47(62)52-16-5-19-59-29-23-56(2)24-30-59/h9-10,13-14,33-36H,4-6,15-32,49-50H2,1-3H3,(H,51,61)(H,52,62)(H,53,63). The first-order valence-electron chi connectivity index (χ1n) is 22.4. The molecule has 0 unspecified atom stereocenters. The van der Waals surface area contributed by atoms with E-state index in [4.69, 9.17) is 11.5 Å². The number of amides is 3. The van der Waals surface area contributed by atoms with Gasteiger partial charge in [-0.1, -0.05) is 11.8 Å². The summed E-state index contributed by atoms with van der Waals surface area (Å²) >= 11 is 0.